The summed E-state index contributed by atoms with van der Waals surface area (Å²) in [5, 5.41) is 9.50. The van der Waals surface area contributed by atoms with Crippen LogP contribution in [0, 0.1) is 17.1 Å². The van der Waals surface area contributed by atoms with Crippen molar-refractivity contribution in [1.29, 1.82) is 5.26 Å². The summed E-state index contributed by atoms with van der Waals surface area (Å²) in [6.07, 6.45) is 0. The minimum Gasteiger partial charge on any atom is -0.423 e. The Kier molecular flexibility index (Phi) is 3.89. The maximum Gasteiger partial charge on any atom is 0.333 e. The number of hydrogen-bond acceptors (Lipinski definition) is 5. The maximum atomic E-state index is 14.5. The molecule has 0 amide bonds. The Balaban J connectivity index is 2.50. The van der Waals surface area contributed by atoms with Crippen molar-refractivity contribution in [2.24, 2.45) is 19.8 Å². The molecule has 0 fully saturated rings. The number of aromatic nitrogens is 2. The van der Waals surface area contributed by atoms with E-state index in [4.69, 9.17) is 22.1 Å². The number of ether oxygens (including phenoxy) is 1. The molecular weight excluding hydrogens is 351 g/mol. The van der Waals surface area contributed by atoms with Crippen molar-refractivity contribution < 1.29 is 9.13 Å². The molecule has 0 bridgehead atoms. The third-order valence-corrected chi connectivity index (χ3v) is 4.43. The Hall–Kier alpha value is -3.05. The number of nitriles is 1. The van der Waals surface area contributed by atoms with Gasteiger partial charge in [-0.25, -0.2) is 9.18 Å². The van der Waals surface area contributed by atoms with E-state index < -0.39 is 23.0 Å². The second-order valence-electron chi connectivity index (χ2n) is 5.48. The highest BCUT2D eigenvalue weighted by Crippen LogP contribution is 2.42. The van der Waals surface area contributed by atoms with Gasteiger partial charge < -0.3 is 10.5 Å². The van der Waals surface area contributed by atoms with Crippen molar-refractivity contribution in [1.82, 2.24) is 9.13 Å². The van der Waals surface area contributed by atoms with E-state index in [1.165, 1.54) is 26.2 Å². The Morgan fingerprint density at radius 1 is 1.28 bits per heavy atom. The molecule has 1 unspecified atom stereocenters. The number of benzene rings is 1. The summed E-state index contributed by atoms with van der Waals surface area (Å²) >= 11 is 6.13. The van der Waals surface area contributed by atoms with E-state index in [9.17, 15) is 19.2 Å². The van der Waals surface area contributed by atoms with Crippen LogP contribution in [0.4, 0.5) is 4.39 Å². The number of allylic oxidation sites excluding steroid dienone is 1. The van der Waals surface area contributed by atoms with E-state index in [1.54, 1.807) is 0 Å². The quantitative estimate of drug-likeness (QED) is 0.818. The lowest BCUT2D eigenvalue weighted by Gasteiger charge is -2.27. The van der Waals surface area contributed by atoms with Gasteiger partial charge in [0.2, 0.25) is 11.8 Å². The average molecular weight is 363 g/mol. The Morgan fingerprint density at radius 2 is 1.96 bits per heavy atom. The molecule has 1 aromatic heterocycles. The molecule has 2 heterocycles. The number of nitrogens with two attached hydrogens (primary N) is 1. The predicted octanol–water partition coefficient (Wildman–Crippen LogP) is 1.09. The number of halogens is 2. The Morgan fingerprint density at radius 3 is 2.56 bits per heavy atom. The molecule has 1 aliphatic rings. The molecule has 0 radical (unpaired) electrons. The van der Waals surface area contributed by atoms with E-state index in [2.05, 4.69) is 0 Å². The maximum absolute atomic E-state index is 14.5. The normalized spacial score (nSPS) is 16.2. The van der Waals surface area contributed by atoms with Crippen LogP contribution < -0.4 is 21.7 Å². The molecular formula is C16H12ClFN4O3. The molecule has 25 heavy (non-hydrogen) atoms. The number of nitrogens with zero attached hydrogens (tertiary/aromatic N) is 3. The molecule has 9 heteroatoms. The summed E-state index contributed by atoms with van der Waals surface area (Å²) < 4.78 is 21.8. The fraction of sp³-hybridized carbons (Fsp3) is 0.188. The van der Waals surface area contributed by atoms with Crippen LogP contribution in [0.25, 0.3) is 0 Å². The lowest BCUT2D eigenvalue weighted by atomic mass is 9.84. The molecule has 3 rings (SSSR count). The molecule has 128 valence electrons. The molecule has 7 nitrogen and oxygen atoms in total. The predicted molar refractivity (Wildman–Crippen MR) is 87.6 cm³/mol. The van der Waals surface area contributed by atoms with Gasteiger partial charge in [-0.05, 0) is 12.1 Å². The minimum absolute atomic E-state index is 0.0225. The van der Waals surface area contributed by atoms with Gasteiger partial charge in [-0.2, -0.15) is 5.26 Å². The molecule has 0 saturated heterocycles. The summed E-state index contributed by atoms with van der Waals surface area (Å²) in [7, 11) is 2.66. The van der Waals surface area contributed by atoms with Gasteiger partial charge in [-0.3, -0.25) is 13.9 Å². The summed E-state index contributed by atoms with van der Waals surface area (Å²) in [6, 6.07) is 5.85. The topological polar surface area (TPSA) is 103 Å². The third-order valence-electron chi connectivity index (χ3n) is 4.10. The van der Waals surface area contributed by atoms with Crippen LogP contribution in [-0.4, -0.2) is 9.13 Å². The number of hydrogen-bond donors (Lipinski definition) is 1. The SMILES string of the molecule is Cn1c2c(c(=O)n(C)c1=O)C(c1c(F)cccc1Cl)C(C#N)=C(N)O2. The van der Waals surface area contributed by atoms with Crippen LogP contribution in [-0.2, 0) is 14.1 Å². The van der Waals surface area contributed by atoms with Gasteiger partial charge in [-0.1, -0.05) is 17.7 Å². The first kappa shape index (κ1) is 16.8. The zero-order valence-electron chi connectivity index (χ0n) is 13.2. The zero-order valence-corrected chi connectivity index (χ0v) is 14.0. The summed E-state index contributed by atoms with van der Waals surface area (Å²) in [5.41, 5.74) is 4.10. The second-order valence-corrected chi connectivity index (χ2v) is 5.89. The van der Waals surface area contributed by atoms with Crippen LogP contribution in [0.2, 0.25) is 5.02 Å². The smallest absolute Gasteiger partial charge is 0.333 e. The van der Waals surface area contributed by atoms with Crippen molar-refractivity contribution in [3.05, 3.63) is 72.5 Å². The highest BCUT2D eigenvalue weighted by molar-refractivity contribution is 6.31. The Labute approximate surface area is 145 Å². The number of fused-ring (bicyclic) bond motifs is 1. The molecule has 1 aliphatic heterocycles. The summed E-state index contributed by atoms with van der Waals surface area (Å²) in [5.74, 6) is -2.36. The standard InChI is InChI=1S/C16H12ClFN4O3/c1-21-14(23)12-10(11-8(17)4-3-5-9(11)18)7(6-19)13(20)25-15(12)22(2)16(21)24/h3-5,10H,20H2,1-2H3. The van der Waals surface area contributed by atoms with Gasteiger partial charge in [0.25, 0.3) is 5.56 Å². The molecule has 2 aromatic rings. The van der Waals surface area contributed by atoms with E-state index in [0.29, 0.717) is 0 Å². The van der Waals surface area contributed by atoms with Crippen molar-refractivity contribution in [3.63, 3.8) is 0 Å². The third kappa shape index (κ3) is 2.32. The molecule has 0 saturated carbocycles. The van der Waals surface area contributed by atoms with E-state index in [1.807, 2.05) is 6.07 Å². The molecule has 2 N–H and O–H groups in total. The molecule has 0 aliphatic carbocycles. The Bertz CT molecular complexity index is 1070. The fourth-order valence-electron chi connectivity index (χ4n) is 2.86. The first-order valence-corrected chi connectivity index (χ1v) is 7.48. The largest absolute Gasteiger partial charge is 0.423 e. The fourth-order valence-corrected chi connectivity index (χ4v) is 3.13. The highest BCUT2D eigenvalue weighted by atomic mass is 35.5. The summed E-state index contributed by atoms with van der Waals surface area (Å²) in [6.45, 7) is 0. The molecule has 1 atom stereocenters. The van der Waals surface area contributed by atoms with Crippen LogP contribution in [0.3, 0.4) is 0 Å². The van der Waals surface area contributed by atoms with Crippen molar-refractivity contribution in [2.75, 3.05) is 0 Å². The molecule has 1 aromatic carbocycles. The zero-order chi connectivity index (χ0) is 18.5. The van der Waals surface area contributed by atoms with Crippen molar-refractivity contribution in [2.45, 2.75) is 5.92 Å². The van der Waals surface area contributed by atoms with Crippen LogP contribution >= 0.6 is 11.6 Å². The highest BCUT2D eigenvalue weighted by Gasteiger charge is 2.38. The van der Waals surface area contributed by atoms with Gasteiger partial charge in [0.15, 0.2) is 0 Å². The van der Waals surface area contributed by atoms with Gasteiger partial charge in [-0.15, -0.1) is 0 Å². The first-order chi connectivity index (χ1) is 11.8. The summed E-state index contributed by atoms with van der Waals surface area (Å²) in [4.78, 5) is 24.8. The van der Waals surface area contributed by atoms with E-state index >= 15 is 0 Å². The van der Waals surface area contributed by atoms with Gasteiger partial charge in [0.05, 0.1) is 11.5 Å². The van der Waals surface area contributed by atoms with Gasteiger partial charge in [0.1, 0.15) is 17.5 Å². The lowest BCUT2D eigenvalue weighted by Crippen LogP contribution is -2.42. The lowest BCUT2D eigenvalue weighted by molar-refractivity contribution is 0.347. The monoisotopic (exact) mass is 362 g/mol. The van der Waals surface area contributed by atoms with E-state index in [0.717, 1.165) is 15.2 Å². The average Bonchev–Trinajstić information content (AvgIpc) is 2.57. The van der Waals surface area contributed by atoms with Crippen LogP contribution in [0.5, 0.6) is 5.88 Å². The molecule has 0 spiro atoms. The number of rotatable bonds is 1. The van der Waals surface area contributed by atoms with E-state index in [-0.39, 0.29) is 33.5 Å². The van der Waals surface area contributed by atoms with Gasteiger partial charge in [0, 0.05) is 24.7 Å². The van der Waals surface area contributed by atoms with Gasteiger partial charge >= 0.3 is 5.69 Å². The van der Waals surface area contributed by atoms with Crippen LogP contribution in [0.1, 0.15) is 17.0 Å². The van der Waals surface area contributed by atoms with Crippen LogP contribution in [0.15, 0.2) is 39.2 Å². The second kappa shape index (κ2) is 5.79. The van der Waals surface area contributed by atoms with Crippen molar-refractivity contribution in [3.8, 4) is 11.9 Å². The minimum atomic E-state index is -1.19. The van der Waals surface area contributed by atoms with Crippen molar-refractivity contribution >= 4 is 11.6 Å². The first-order valence-electron chi connectivity index (χ1n) is 7.11.